The van der Waals surface area contributed by atoms with Gasteiger partial charge >= 0.3 is 0 Å². The summed E-state index contributed by atoms with van der Waals surface area (Å²) in [6.45, 7) is 4.85. The van der Waals surface area contributed by atoms with Gasteiger partial charge in [-0.1, -0.05) is 41.6 Å². The zero-order chi connectivity index (χ0) is 17.5. The van der Waals surface area contributed by atoms with E-state index in [9.17, 15) is 0 Å². The number of aryl methyl sites for hydroxylation is 1. The Bertz CT molecular complexity index is 1060. The molecule has 5 nitrogen and oxygen atoms in total. The van der Waals surface area contributed by atoms with E-state index in [-0.39, 0.29) is 0 Å². The fourth-order valence-electron chi connectivity index (χ4n) is 3.78. The van der Waals surface area contributed by atoms with Gasteiger partial charge in [0.25, 0.3) is 0 Å². The van der Waals surface area contributed by atoms with E-state index in [2.05, 4.69) is 56.7 Å². The number of nitrogens with zero attached hydrogens (tertiary/aromatic N) is 3. The molecule has 0 aliphatic carbocycles. The SMILES string of the molecule is Cc1noc2ccc(CN3CCc4[nH]nc(-c5ccccc5)c4C3)cc12. The van der Waals surface area contributed by atoms with Crippen LogP contribution < -0.4 is 0 Å². The molecule has 130 valence electrons. The maximum absolute atomic E-state index is 5.32. The first-order valence-corrected chi connectivity index (χ1v) is 8.97. The number of H-pyrrole nitrogens is 1. The smallest absolute Gasteiger partial charge is 0.167 e. The van der Waals surface area contributed by atoms with Crippen LogP contribution in [0.25, 0.3) is 22.2 Å². The molecule has 0 atom stereocenters. The van der Waals surface area contributed by atoms with Crippen LogP contribution in [0.4, 0.5) is 0 Å². The second-order valence-electron chi connectivity index (χ2n) is 6.95. The summed E-state index contributed by atoms with van der Waals surface area (Å²) >= 11 is 0. The highest BCUT2D eigenvalue weighted by Crippen LogP contribution is 2.29. The fraction of sp³-hybridized carbons (Fsp3) is 0.238. The van der Waals surface area contributed by atoms with Crippen molar-refractivity contribution in [1.29, 1.82) is 0 Å². The van der Waals surface area contributed by atoms with Crippen molar-refractivity contribution in [3.8, 4) is 11.3 Å². The fourth-order valence-corrected chi connectivity index (χ4v) is 3.78. The third kappa shape index (κ3) is 2.61. The van der Waals surface area contributed by atoms with Crippen molar-refractivity contribution < 1.29 is 4.52 Å². The van der Waals surface area contributed by atoms with E-state index < -0.39 is 0 Å². The number of benzene rings is 2. The molecule has 1 aliphatic rings. The van der Waals surface area contributed by atoms with Crippen LogP contribution in [0, 0.1) is 6.92 Å². The molecule has 2 aromatic heterocycles. The predicted molar refractivity (Wildman–Crippen MR) is 101 cm³/mol. The average Bonchev–Trinajstić information content (AvgIpc) is 3.26. The highest BCUT2D eigenvalue weighted by molar-refractivity contribution is 5.79. The van der Waals surface area contributed by atoms with E-state index in [1.165, 1.54) is 22.4 Å². The molecule has 0 unspecified atom stereocenters. The lowest BCUT2D eigenvalue weighted by Gasteiger charge is -2.27. The van der Waals surface area contributed by atoms with E-state index >= 15 is 0 Å². The van der Waals surface area contributed by atoms with Crippen molar-refractivity contribution in [3.05, 3.63) is 71.0 Å². The third-order valence-corrected chi connectivity index (χ3v) is 5.18. The number of aromatic nitrogens is 3. The van der Waals surface area contributed by atoms with Gasteiger partial charge in [-0.15, -0.1) is 0 Å². The van der Waals surface area contributed by atoms with Gasteiger partial charge in [0.15, 0.2) is 5.58 Å². The van der Waals surface area contributed by atoms with Crippen LogP contribution in [-0.2, 0) is 19.5 Å². The third-order valence-electron chi connectivity index (χ3n) is 5.18. The number of aromatic amines is 1. The van der Waals surface area contributed by atoms with Crippen molar-refractivity contribution in [1.82, 2.24) is 20.3 Å². The van der Waals surface area contributed by atoms with Crippen LogP contribution in [-0.4, -0.2) is 26.8 Å². The maximum atomic E-state index is 5.32. The zero-order valence-corrected chi connectivity index (χ0v) is 14.7. The minimum absolute atomic E-state index is 0.855. The van der Waals surface area contributed by atoms with E-state index in [0.717, 1.165) is 48.4 Å². The molecule has 2 aromatic carbocycles. The molecule has 0 fully saturated rings. The normalized spacial score (nSPS) is 14.7. The molecule has 1 aliphatic heterocycles. The first-order chi connectivity index (χ1) is 12.8. The van der Waals surface area contributed by atoms with Crippen LogP contribution in [0.3, 0.4) is 0 Å². The van der Waals surface area contributed by atoms with Crippen molar-refractivity contribution in [2.45, 2.75) is 26.4 Å². The molecule has 0 saturated carbocycles. The molecule has 5 heteroatoms. The Morgan fingerprint density at radius 3 is 2.92 bits per heavy atom. The Balaban J connectivity index is 1.41. The largest absolute Gasteiger partial charge is 0.356 e. The molecule has 5 rings (SSSR count). The Hall–Kier alpha value is -2.92. The summed E-state index contributed by atoms with van der Waals surface area (Å²) < 4.78 is 5.32. The highest BCUT2D eigenvalue weighted by atomic mass is 16.5. The average molecular weight is 344 g/mol. The monoisotopic (exact) mass is 344 g/mol. The molecule has 0 radical (unpaired) electrons. The van der Waals surface area contributed by atoms with Crippen molar-refractivity contribution in [2.24, 2.45) is 0 Å². The molecule has 0 saturated heterocycles. The van der Waals surface area contributed by atoms with E-state index in [1.807, 2.05) is 19.1 Å². The summed E-state index contributed by atoms with van der Waals surface area (Å²) in [6, 6.07) is 16.8. The maximum Gasteiger partial charge on any atom is 0.167 e. The van der Waals surface area contributed by atoms with Gasteiger partial charge in [-0.3, -0.25) is 10.00 Å². The molecule has 26 heavy (non-hydrogen) atoms. The minimum atomic E-state index is 0.855. The molecule has 3 heterocycles. The van der Waals surface area contributed by atoms with Gasteiger partial charge < -0.3 is 4.52 Å². The van der Waals surface area contributed by atoms with Crippen LogP contribution in [0.1, 0.15) is 22.5 Å². The van der Waals surface area contributed by atoms with Gasteiger partial charge in [-0.2, -0.15) is 5.10 Å². The molecular formula is C21H20N4O. The number of nitrogens with one attached hydrogen (secondary N) is 1. The second-order valence-corrected chi connectivity index (χ2v) is 6.95. The van der Waals surface area contributed by atoms with Crippen molar-refractivity contribution in [2.75, 3.05) is 6.54 Å². The Morgan fingerprint density at radius 2 is 2.04 bits per heavy atom. The lowest BCUT2D eigenvalue weighted by molar-refractivity contribution is 0.245. The lowest BCUT2D eigenvalue weighted by atomic mass is 10.0. The molecule has 4 aromatic rings. The van der Waals surface area contributed by atoms with Crippen LogP contribution >= 0.6 is 0 Å². The summed E-state index contributed by atoms with van der Waals surface area (Å²) in [5, 5.41) is 13.0. The quantitative estimate of drug-likeness (QED) is 0.608. The number of hydrogen-bond acceptors (Lipinski definition) is 4. The summed E-state index contributed by atoms with van der Waals surface area (Å²) in [7, 11) is 0. The molecule has 0 amide bonds. The number of rotatable bonds is 3. The number of hydrogen-bond donors (Lipinski definition) is 1. The predicted octanol–water partition coefficient (Wildman–Crippen LogP) is 4.08. The summed E-state index contributed by atoms with van der Waals surface area (Å²) in [5.74, 6) is 0. The first-order valence-electron chi connectivity index (χ1n) is 8.97. The van der Waals surface area contributed by atoms with Crippen LogP contribution in [0.15, 0.2) is 53.1 Å². The Morgan fingerprint density at radius 1 is 1.15 bits per heavy atom. The summed E-state index contributed by atoms with van der Waals surface area (Å²) in [4.78, 5) is 2.48. The van der Waals surface area contributed by atoms with Gasteiger partial charge in [0, 0.05) is 48.3 Å². The summed E-state index contributed by atoms with van der Waals surface area (Å²) in [6.07, 6.45) is 1.00. The first kappa shape index (κ1) is 15.3. The lowest BCUT2D eigenvalue weighted by Crippen LogP contribution is -2.30. The Kier molecular flexibility index (Phi) is 3.60. The van der Waals surface area contributed by atoms with E-state index in [4.69, 9.17) is 4.52 Å². The molecular weight excluding hydrogens is 324 g/mol. The summed E-state index contributed by atoms with van der Waals surface area (Å²) in [5.41, 5.74) is 7.94. The Labute approximate surface area is 151 Å². The van der Waals surface area contributed by atoms with Crippen LogP contribution in [0.5, 0.6) is 0 Å². The van der Waals surface area contributed by atoms with E-state index in [0.29, 0.717) is 0 Å². The van der Waals surface area contributed by atoms with Crippen molar-refractivity contribution >= 4 is 11.0 Å². The topological polar surface area (TPSA) is 58.0 Å². The second kappa shape index (κ2) is 6.11. The molecule has 0 spiro atoms. The minimum Gasteiger partial charge on any atom is -0.356 e. The molecule has 0 bridgehead atoms. The van der Waals surface area contributed by atoms with Gasteiger partial charge in [0.2, 0.25) is 0 Å². The highest BCUT2D eigenvalue weighted by Gasteiger charge is 2.23. The van der Waals surface area contributed by atoms with Gasteiger partial charge in [0.05, 0.1) is 11.4 Å². The number of fused-ring (bicyclic) bond motifs is 2. The van der Waals surface area contributed by atoms with E-state index in [1.54, 1.807) is 0 Å². The van der Waals surface area contributed by atoms with Gasteiger partial charge in [0.1, 0.15) is 0 Å². The van der Waals surface area contributed by atoms with Gasteiger partial charge in [-0.25, -0.2) is 0 Å². The zero-order valence-electron chi connectivity index (χ0n) is 14.7. The standard InChI is InChI=1S/C21H20N4O/c1-14-17-11-15(7-8-20(17)26-24-14)12-25-10-9-19-18(13-25)21(23-22-19)16-5-3-2-4-6-16/h2-8,11H,9-10,12-13H2,1H3,(H,22,23). The van der Waals surface area contributed by atoms with Crippen molar-refractivity contribution in [3.63, 3.8) is 0 Å². The van der Waals surface area contributed by atoms with Gasteiger partial charge in [-0.05, 0) is 24.6 Å². The van der Waals surface area contributed by atoms with Crippen LogP contribution in [0.2, 0.25) is 0 Å². The molecule has 1 N–H and O–H groups in total.